The van der Waals surface area contributed by atoms with E-state index in [9.17, 15) is 18.4 Å². The maximum absolute atomic E-state index is 13.2. The van der Waals surface area contributed by atoms with Crippen LogP contribution in [0.1, 0.15) is 13.3 Å². The molecule has 1 saturated heterocycles. The third kappa shape index (κ3) is 3.82. The molecular weight excluding hydrogens is 342 g/mol. The van der Waals surface area contributed by atoms with Crippen LogP contribution >= 0.6 is 0 Å². The Morgan fingerprint density at radius 2 is 1.92 bits per heavy atom. The predicted molar refractivity (Wildman–Crippen MR) is 93.1 cm³/mol. The average molecular weight is 360 g/mol. The highest BCUT2D eigenvalue weighted by Gasteiger charge is 2.35. The Kier molecular flexibility index (Phi) is 5.16. The van der Waals surface area contributed by atoms with Crippen LogP contribution in [0.25, 0.3) is 0 Å². The Balaban J connectivity index is 1.66. The van der Waals surface area contributed by atoms with Crippen LogP contribution in [0.3, 0.4) is 0 Å². The van der Waals surface area contributed by atoms with Crippen LogP contribution in [0.4, 0.5) is 20.2 Å². The Hall–Kier alpha value is -2.96. The molecule has 5 nitrogen and oxygen atoms in total. The quantitative estimate of drug-likeness (QED) is 0.890. The van der Waals surface area contributed by atoms with Gasteiger partial charge in [-0.3, -0.25) is 9.59 Å². The second-order valence-electron chi connectivity index (χ2n) is 5.95. The Morgan fingerprint density at radius 3 is 2.58 bits per heavy atom. The minimum atomic E-state index is -1.04. The molecular formula is C19H18F2N2O3. The van der Waals surface area contributed by atoms with Crippen molar-refractivity contribution in [1.82, 2.24) is 0 Å². The lowest BCUT2D eigenvalue weighted by Gasteiger charge is -2.17. The molecule has 0 unspecified atom stereocenters. The summed E-state index contributed by atoms with van der Waals surface area (Å²) in [6, 6.07) is 10.2. The van der Waals surface area contributed by atoms with Gasteiger partial charge in [0.2, 0.25) is 11.8 Å². The first-order valence-electron chi connectivity index (χ1n) is 8.27. The second-order valence-corrected chi connectivity index (χ2v) is 5.95. The van der Waals surface area contributed by atoms with Gasteiger partial charge in [0, 0.05) is 30.4 Å². The molecule has 1 atom stereocenters. The van der Waals surface area contributed by atoms with Crippen LogP contribution in [0.2, 0.25) is 0 Å². The minimum absolute atomic E-state index is 0.0583. The van der Waals surface area contributed by atoms with Crippen molar-refractivity contribution in [2.24, 2.45) is 5.92 Å². The normalized spacial score (nSPS) is 16.7. The highest BCUT2D eigenvalue weighted by Crippen LogP contribution is 2.27. The number of benzene rings is 2. The van der Waals surface area contributed by atoms with Crippen LogP contribution in [0.5, 0.6) is 5.75 Å². The molecule has 1 fully saturated rings. The van der Waals surface area contributed by atoms with Crippen molar-refractivity contribution in [2.75, 3.05) is 23.4 Å². The zero-order valence-corrected chi connectivity index (χ0v) is 14.2. The van der Waals surface area contributed by atoms with Crippen LogP contribution in [-0.4, -0.2) is 25.0 Å². The molecule has 0 aromatic heterocycles. The van der Waals surface area contributed by atoms with Crippen molar-refractivity contribution >= 4 is 23.2 Å². The molecule has 0 radical (unpaired) electrons. The van der Waals surface area contributed by atoms with Gasteiger partial charge in [0.05, 0.1) is 12.5 Å². The number of rotatable bonds is 5. The smallest absolute Gasteiger partial charge is 0.229 e. The van der Waals surface area contributed by atoms with Crippen LogP contribution < -0.4 is 15.0 Å². The summed E-state index contributed by atoms with van der Waals surface area (Å²) in [5.74, 6) is -2.46. The molecule has 0 spiro atoms. The molecule has 26 heavy (non-hydrogen) atoms. The van der Waals surface area contributed by atoms with Gasteiger partial charge in [0.25, 0.3) is 0 Å². The summed E-state index contributed by atoms with van der Waals surface area (Å²) >= 11 is 0. The monoisotopic (exact) mass is 360 g/mol. The average Bonchev–Trinajstić information content (AvgIpc) is 3.01. The number of hydrogen-bond acceptors (Lipinski definition) is 3. The highest BCUT2D eigenvalue weighted by molar-refractivity contribution is 6.03. The summed E-state index contributed by atoms with van der Waals surface area (Å²) < 4.78 is 31.6. The zero-order chi connectivity index (χ0) is 18.7. The largest absolute Gasteiger partial charge is 0.494 e. The first-order valence-corrected chi connectivity index (χ1v) is 8.27. The molecule has 7 heteroatoms. The number of nitrogens with zero attached hydrogens (tertiary/aromatic N) is 1. The molecule has 0 bridgehead atoms. The first kappa shape index (κ1) is 17.8. The van der Waals surface area contributed by atoms with Crippen molar-refractivity contribution in [3.63, 3.8) is 0 Å². The van der Waals surface area contributed by atoms with Gasteiger partial charge in [0.1, 0.15) is 5.75 Å². The molecule has 1 heterocycles. The number of halogens is 2. The molecule has 2 amide bonds. The molecule has 2 aromatic rings. The number of hydrogen-bond donors (Lipinski definition) is 1. The van der Waals surface area contributed by atoms with E-state index in [1.165, 1.54) is 11.0 Å². The maximum Gasteiger partial charge on any atom is 0.229 e. The van der Waals surface area contributed by atoms with Crippen LogP contribution in [0.15, 0.2) is 42.5 Å². The van der Waals surface area contributed by atoms with E-state index < -0.39 is 23.5 Å². The lowest BCUT2D eigenvalue weighted by molar-refractivity contribution is -0.122. The van der Waals surface area contributed by atoms with E-state index in [2.05, 4.69) is 5.32 Å². The fourth-order valence-electron chi connectivity index (χ4n) is 2.84. The van der Waals surface area contributed by atoms with Gasteiger partial charge < -0.3 is 15.0 Å². The molecule has 136 valence electrons. The van der Waals surface area contributed by atoms with Gasteiger partial charge in [-0.15, -0.1) is 0 Å². The standard InChI is InChI=1S/C19H18F2N2O3/c1-2-26-15-6-4-14(5-7-15)23-11-12(9-18(23)24)19(25)22-13-3-8-16(20)17(21)10-13/h3-8,10,12H,2,9,11H2,1H3,(H,22,25)/t12-/m0/s1. The molecule has 0 aliphatic carbocycles. The van der Waals surface area contributed by atoms with Crippen LogP contribution in [-0.2, 0) is 9.59 Å². The SMILES string of the molecule is CCOc1ccc(N2C[C@@H](C(=O)Nc3ccc(F)c(F)c3)CC2=O)cc1. The molecule has 3 rings (SSSR count). The summed E-state index contributed by atoms with van der Waals surface area (Å²) in [6.07, 6.45) is 0.0583. The number of carbonyl (C=O) groups is 2. The van der Waals surface area contributed by atoms with Crippen molar-refractivity contribution in [1.29, 1.82) is 0 Å². The summed E-state index contributed by atoms with van der Waals surface area (Å²) in [4.78, 5) is 26.1. The molecule has 2 aromatic carbocycles. The second kappa shape index (κ2) is 7.51. The summed E-state index contributed by atoms with van der Waals surface area (Å²) in [7, 11) is 0. The lowest BCUT2D eigenvalue weighted by atomic mass is 10.1. The summed E-state index contributed by atoms with van der Waals surface area (Å²) in [5.41, 5.74) is 0.836. The number of ether oxygens (including phenoxy) is 1. The number of nitrogens with one attached hydrogen (secondary N) is 1. The van der Waals surface area contributed by atoms with E-state index in [0.717, 1.165) is 12.1 Å². The van der Waals surface area contributed by atoms with E-state index in [4.69, 9.17) is 4.74 Å². The predicted octanol–water partition coefficient (Wildman–Crippen LogP) is 3.36. The lowest BCUT2D eigenvalue weighted by Crippen LogP contribution is -2.28. The van der Waals surface area contributed by atoms with E-state index in [1.54, 1.807) is 24.3 Å². The molecule has 1 N–H and O–H groups in total. The number of amides is 2. The Morgan fingerprint density at radius 1 is 1.19 bits per heavy atom. The topological polar surface area (TPSA) is 58.6 Å². The van der Waals surface area contributed by atoms with Crippen molar-refractivity contribution < 1.29 is 23.1 Å². The highest BCUT2D eigenvalue weighted by atomic mass is 19.2. The summed E-state index contributed by atoms with van der Waals surface area (Å²) in [5, 5.41) is 2.53. The number of carbonyl (C=O) groups excluding carboxylic acids is 2. The van der Waals surface area contributed by atoms with Gasteiger partial charge in [-0.05, 0) is 43.3 Å². The van der Waals surface area contributed by atoms with Crippen LogP contribution in [0, 0.1) is 17.6 Å². The molecule has 1 aliphatic rings. The fourth-order valence-corrected chi connectivity index (χ4v) is 2.84. The van der Waals surface area contributed by atoms with E-state index in [1.807, 2.05) is 6.92 Å². The fraction of sp³-hybridized carbons (Fsp3) is 0.263. The number of anilines is 2. The third-order valence-electron chi connectivity index (χ3n) is 4.14. The maximum atomic E-state index is 13.2. The van der Waals surface area contributed by atoms with E-state index >= 15 is 0 Å². The Labute approximate surface area is 149 Å². The van der Waals surface area contributed by atoms with E-state index in [0.29, 0.717) is 18.0 Å². The molecule has 0 saturated carbocycles. The zero-order valence-electron chi connectivity index (χ0n) is 14.2. The molecule has 1 aliphatic heterocycles. The van der Waals surface area contributed by atoms with Gasteiger partial charge >= 0.3 is 0 Å². The van der Waals surface area contributed by atoms with Gasteiger partial charge in [-0.2, -0.15) is 0 Å². The van der Waals surface area contributed by atoms with E-state index in [-0.39, 0.29) is 24.6 Å². The van der Waals surface area contributed by atoms with Crippen molar-refractivity contribution in [3.05, 3.63) is 54.1 Å². The van der Waals surface area contributed by atoms with Gasteiger partial charge in [-0.1, -0.05) is 0 Å². The van der Waals surface area contributed by atoms with Crippen molar-refractivity contribution in [2.45, 2.75) is 13.3 Å². The first-order chi connectivity index (χ1) is 12.5. The van der Waals surface area contributed by atoms with Gasteiger partial charge in [-0.25, -0.2) is 8.78 Å². The van der Waals surface area contributed by atoms with Crippen molar-refractivity contribution in [3.8, 4) is 5.75 Å². The third-order valence-corrected chi connectivity index (χ3v) is 4.14. The summed E-state index contributed by atoms with van der Waals surface area (Å²) in [6.45, 7) is 2.66. The Bertz CT molecular complexity index is 824. The van der Waals surface area contributed by atoms with Gasteiger partial charge in [0.15, 0.2) is 11.6 Å². The minimum Gasteiger partial charge on any atom is -0.494 e.